The van der Waals surface area contributed by atoms with Crippen molar-refractivity contribution < 1.29 is 19.4 Å². The lowest BCUT2D eigenvalue weighted by atomic mass is 10.0. The first kappa shape index (κ1) is 20.1. The highest BCUT2D eigenvalue weighted by molar-refractivity contribution is 5.95. The van der Waals surface area contributed by atoms with Crippen LogP contribution in [-0.2, 0) is 6.54 Å². The van der Waals surface area contributed by atoms with Crippen molar-refractivity contribution in [2.45, 2.75) is 6.54 Å². The van der Waals surface area contributed by atoms with Gasteiger partial charge in [0.25, 0.3) is 5.91 Å². The van der Waals surface area contributed by atoms with Gasteiger partial charge in [-0.2, -0.15) is 0 Å². The number of halogens is 1. The van der Waals surface area contributed by atoms with E-state index in [1.807, 2.05) is 0 Å². The second-order valence-corrected chi connectivity index (χ2v) is 7.04. The smallest absolute Gasteiger partial charge is 0.253 e. The van der Waals surface area contributed by atoms with E-state index in [9.17, 15) is 19.4 Å². The highest BCUT2D eigenvalue weighted by atomic mass is 19.1. The molecule has 0 spiro atoms. The molecule has 5 nitrogen and oxygen atoms in total. The van der Waals surface area contributed by atoms with Crippen LogP contribution in [0.4, 0.5) is 4.39 Å². The normalized spacial score (nSPS) is 10.6. The number of nitrogens with one attached hydrogen (secondary N) is 1. The van der Waals surface area contributed by atoms with Crippen LogP contribution in [0, 0.1) is 5.82 Å². The zero-order valence-electron chi connectivity index (χ0n) is 16.4. The second kappa shape index (κ2) is 8.67. The average molecular weight is 414 g/mol. The first-order chi connectivity index (χ1) is 15.0. The average Bonchev–Trinajstić information content (AvgIpc) is 2.79. The summed E-state index contributed by atoms with van der Waals surface area (Å²) in [5, 5.41) is 22.6. The number of carbonyl (C=O) groups excluding carboxylic acids is 1. The number of phenols is 2. The fourth-order valence-electron chi connectivity index (χ4n) is 3.19. The first-order valence-electron chi connectivity index (χ1n) is 9.60. The van der Waals surface area contributed by atoms with Gasteiger partial charge in [-0.05, 0) is 53.1 Å². The second-order valence-electron chi connectivity index (χ2n) is 7.04. The molecule has 0 saturated heterocycles. The Bertz CT molecular complexity index is 1220. The van der Waals surface area contributed by atoms with Gasteiger partial charge in [0.1, 0.15) is 17.3 Å². The van der Waals surface area contributed by atoms with Crippen molar-refractivity contribution in [1.29, 1.82) is 0 Å². The summed E-state index contributed by atoms with van der Waals surface area (Å²) in [6, 6.07) is 19.5. The van der Waals surface area contributed by atoms with Crippen LogP contribution in [0.5, 0.6) is 11.5 Å². The van der Waals surface area contributed by atoms with Gasteiger partial charge in [-0.25, -0.2) is 4.39 Å². The van der Waals surface area contributed by atoms with Crippen LogP contribution >= 0.6 is 0 Å². The van der Waals surface area contributed by atoms with Gasteiger partial charge in [0.2, 0.25) is 0 Å². The van der Waals surface area contributed by atoms with E-state index in [0.29, 0.717) is 11.1 Å². The number of hydrogen-bond acceptors (Lipinski definition) is 4. The Hall–Kier alpha value is -4.19. The fraction of sp³-hybridized carbons (Fsp3) is 0.0400. The summed E-state index contributed by atoms with van der Waals surface area (Å²) in [6.45, 7) is 0.137. The molecule has 0 aliphatic carbocycles. The standard InChI is InChI=1S/C25H19FN2O3/c26-22-7-3-16(4-8-22)18-1-2-19(24(30)12-18)15-28-25(31)21-11-20(13-27-14-21)17-5-9-23(29)10-6-17/h1-14,29-30H,15H2,(H,28,31). The Morgan fingerprint density at radius 3 is 2.16 bits per heavy atom. The van der Waals surface area contributed by atoms with E-state index in [4.69, 9.17) is 0 Å². The SMILES string of the molecule is O=C(NCc1ccc(-c2ccc(F)cc2)cc1O)c1cncc(-c2ccc(O)cc2)c1. The predicted octanol–water partition coefficient (Wildman–Crippen LogP) is 4.90. The summed E-state index contributed by atoms with van der Waals surface area (Å²) < 4.78 is 13.1. The van der Waals surface area contributed by atoms with Crippen molar-refractivity contribution in [2.75, 3.05) is 0 Å². The molecule has 0 bridgehead atoms. The van der Waals surface area contributed by atoms with Crippen LogP contribution < -0.4 is 5.32 Å². The van der Waals surface area contributed by atoms with Crippen molar-refractivity contribution in [3.05, 3.63) is 102 Å². The minimum absolute atomic E-state index is 0.0399. The maximum atomic E-state index is 13.1. The Labute approximate surface area is 178 Å². The predicted molar refractivity (Wildman–Crippen MR) is 116 cm³/mol. The Balaban J connectivity index is 1.45. The third kappa shape index (κ3) is 4.70. The highest BCUT2D eigenvalue weighted by Crippen LogP contribution is 2.27. The molecule has 154 valence electrons. The molecule has 0 saturated carbocycles. The molecule has 0 aliphatic rings. The number of hydrogen-bond donors (Lipinski definition) is 3. The van der Waals surface area contributed by atoms with Crippen LogP contribution in [0.15, 0.2) is 85.2 Å². The van der Waals surface area contributed by atoms with Crippen molar-refractivity contribution in [3.8, 4) is 33.8 Å². The zero-order chi connectivity index (χ0) is 21.8. The summed E-state index contributed by atoms with van der Waals surface area (Å²) in [7, 11) is 0. The number of benzene rings is 3. The molecular weight excluding hydrogens is 395 g/mol. The van der Waals surface area contributed by atoms with E-state index in [1.54, 1.807) is 66.9 Å². The largest absolute Gasteiger partial charge is 0.508 e. The molecule has 0 atom stereocenters. The van der Waals surface area contributed by atoms with E-state index in [2.05, 4.69) is 10.3 Å². The molecule has 4 rings (SSSR count). The van der Waals surface area contributed by atoms with E-state index in [1.165, 1.54) is 18.3 Å². The Morgan fingerprint density at radius 1 is 0.806 bits per heavy atom. The van der Waals surface area contributed by atoms with E-state index in [0.717, 1.165) is 22.3 Å². The maximum Gasteiger partial charge on any atom is 0.253 e. The lowest BCUT2D eigenvalue weighted by molar-refractivity contribution is 0.0950. The Kier molecular flexibility index (Phi) is 5.62. The quantitative estimate of drug-likeness (QED) is 0.434. The van der Waals surface area contributed by atoms with Gasteiger partial charge in [-0.3, -0.25) is 9.78 Å². The topological polar surface area (TPSA) is 82.5 Å². The van der Waals surface area contributed by atoms with Crippen LogP contribution in [0.1, 0.15) is 15.9 Å². The number of pyridine rings is 1. The van der Waals surface area contributed by atoms with E-state index in [-0.39, 0.29) is 29.8 Å². The first-order valence-corrected chi connectivity index (χ1v) is 9.60. The summed E-state index contributed by atoms with van der Waals surface area (Å²) in [5.74, 6) is -0.444. The molecular formula is C25H19FN2O3. The monoisotopic (exact) mass is 414 g/mol. The van der Waals surface area contributed by atoms with Crippen molar-refractivity contribution in [1.82, 2.24) is 10.3 Å². The van der Waals surface area contributed by atoms with Crippen molar-refractivity contribution >= 4 is 5.91 Å². The van der Waals surface area contributed by atoms with Gasteiger partial charge >= 0.3 is 0 Å². The molecule has 0 radical (unpaired) electrons. The molecule has 3 N–H and O–H groups in total. The molecule has 0 unspecified atom stereocenters. The molecule has 3 aromatic carbocycles. The molecule has 0 fully saturated rings. The zero-order valence-corrected chi connectivity index (χ0v) is 16.4. The molecule has 6 heteroatoms. The van der Waals surface area contributed by atoms with Gasteiger partial charge in [0.05, 0.1) is 5.56 Å². The summed E-state index contributed by atoms with van der Waals surface area (Å²) >= 11 is 0. The third-order valence-electron chi connectivity index (χ3n) is 4.90. The van der Waals surface area contributed by atoms with Crippen LogP contribution in [-0.4, -0.2) is 21.1 Å². The highest BCUT2D eigenvalue weighted by Gasteiger charge is 2.10. The van der Waals surface area contributed by atoms with E-state index < -0.39 is 0 Å². The van der Waals surface area contributed by atoms with Gasteiger partial charge < -0.3 is 15.5 Å². The molecule has 1 aromatic heterocycles. The minimum Gasteiger partial charge on any atom is -0.508 e. The molecule has 4 aromatic rings. The number of aromatic hydroxyl groups is 2. The number of nitrogens with zero attached hydrogens (tertiary/aromatic N) is 1. The van der Waals surface area contributed by atoms with Gasteiger partial charge in [0, 0.05) is 30.1 Å². The van der Waals surface area contributed by atoms with Crippen molar-refractivity contribution in [3.63, 3.8) is 0 Å². The number of phenolic OH excluding ortho intramolecular Hbond substituents is 2. The molecule has 1 heterocycles. The molecule has 1 amide bonds. The number of aromatic nitrogens is 1. The number of rotatable bonds is 5. The summed E-state index contributed by atoms with van der Waals surface area (Å²) in [4.78, 5) is 16.7. The van der Waals surface area contributed by atoms with Crippen LogP contribution in [0.3, 0.4) is 0 Å². The van der Waals surface area contributed by atoms with Crippen LogP contribution in [0.2, 0.25) is 0 Å². The van der Waals surface area contributed by atoms with E-state index >= 15 is 0 Å². The van der Waals surface area contributed by atoms with Crippen LogP contribution in [0.25, 0.3) is 22.3 Å². The number of amides is 1. The van der Waals surface area contributed by atoms with Gasteiger partial charge in [-0.15, -0.1) is 0 Å². The third-order valence-corrected chi connectivity index (χ3v) is 4.90. The minimum atomic E-state index is -0.324. The summed E-state index contributed by atoms with van der Waals surface area (Å²) in [6.07, 6.45) is 3.11. The lowest BCUT2D eigenvalue weighted by Crippen LogP contribution is -2.23. The maximum absolute atomic E-state index is 13.1. The fourth-order valence-corrected chi connectivity index (χ4v) is 3.19. The molecule has 31 heavy (non-hydrogen) atoms. The lowest BCUT2D eigenvalue weighted by Gasteiger charge is -2.10. The Morgan fingerprint density at radius 2 is 1.45 bits per heavy atom. The van der Waals surface area contributed by atoms with Gasteiger partial charge in [0.15, 0.2) is 0 Å². The van der Waals surface area contributed by atoms with Gasteiger partial charge in [-0.1, -0.05) is 36.4 Å². The number of carbonyl (C=O) groups is 1. The summed E-state index contributed by atoms with van der Waals surface area (Å²) in [5.41, 5.74) is 4.05. The molecule has 0 aliphatic heterocycles. The van der Waals surface area contributed by atoms with Crippen molar-refractivity contribution in [2.24, 2.45) is 0 Å².